The normalized spacial score (nSPS) is 21.1. The van der Waals surface area contributed by atoms with Gasteiger partial charge >= 0.3 is 11.8 Å². The molecule has 1 aliphatic rings. The number of anilines is 1. The molecule has 0 aromatic carbocycles. The van der Waals surface area contributed by atoms with Gasteiger partial charge in [-0.05, 0) is 31.1 Å². The van der Waals surface area contributed by atoms with E-state index in [0.717, 1.165) is 32.1 Å². The SMILES string of the molecule is CC(C)CC[C@@H]1CCC[C@H]1NC(=O)C(=O)Nc1ccn(C)n1. The van der Waals surface area contributed by atoms with Gasteiger partial charge in [-0.15, -0.1) is 0 Å². The van der Waals surface area contributed by atoms with Gasteiger partial charge in [-0.2, -0.15) is 5.10 Å². The van der Waals surface area contributed by atoms with Crippen LogP contribution in [0.15, 0.2) is 12.3 Å². The molecule has 2 atom stereocenters. The lowest BCUT2D eigenvalue weighted by Gasteiger charge is -2.21. The number of rotatable bonds is 5. The van der Waals surface area contributed by atoms with Crippen LogP contribution in [-0.2, 0) is 16.6 Å². The highest BCUT2D eigenvalue weighted by Crippen LogP contribution is 2.30. The van der Waals surface area contributed by atoms with Crippen LogP contribution in [0.2, 0.25) is 0 Å². The molecule has 1 aromatic rings. The number of hydrogen-bond acceptors (Lipinski definition) is 3. The lowest BCUT2D eigenvalue weighted by Crippen LogP contribution is -2.43. The summed E-state index contributed by atoms with van der Waals surface area (Å²) in [7, 11) is 1.76. The number of aryl methyl sites for hydroxylation is 1. The third kappa shape index (κ3) is 4.58. The fraction of sp³-hybridized carbons (Fsp3) is 0.688. The number of carbonyl (C=O) groups excluding carboxylic acids is 2. The van der Waals surface area contributed by atoms with Crippen LogP contribution >= 0.6 is 0 Å². The minimum Gasteiger partial charge on any atom is -0.345 e. The van der Waals surface area contributed by atoms with Crippen LogP contribution in [0.3, 0.4) is 0 Å². The number of nitrogens with one attached hydrogen (secondary N) is 2. The quantitative estimate of drug-likeness (QED) is 0.818. The van der Waals surface area contributed by atoms with E-state index in [0.29, 0.717) is 17.7 Å². The average Bonchev–Trinajstić information content (AvgIpc) is 3.05. The smallest absolute Gasteiger partial charge is 0.314 e. The molecule has 1 aliphatic carbocycles. The predicted molar refractivity (Wildman–Crippen MR) is 85.2 cm³/mol. The maximum Gasteiger partial charge on any atom is 0.314 e. The maximum absolute atomic E-state index is 12.0. The molecule has 1 heterocycles. The van der Waals surface area contributed by atoms with Gasteiger partial charge < -0.3 is 10.6 Å². The molecule has 122 valence electrons. The van der Waals surface area contributed by atoms with Gasteiger partial charge in [0, 0.05) is 25.4 Å². The number of amides is 2. The molecule has 2 N–H and O–H groups in total. The Morgan fingerprint density at radius 1 is 1.36 bits per heavy atom. The standard InChI is InChI=1S/C16H26N4O2/c1-11(2)7-8-12-5-4-6-13(12)17-15(21)16(22)18-14-9-10-20(3)19-14/h9-13H,4-8H2,1-3H3,(H,17,21)(H,18,19,22)/t12-,13+/m0/s1. The molecule has 0 unspecified atom stereocenters. The van der Waals surface area contributed by atoms with Crippen LogP contribution in [0.5, 0.6) is 0 Å². The molecule has 2 rings (SSSR count). The first-order valence-electron chi connectivity index (χ1n) is 8.07. The van der Waals surface area contributed by atoms with Gasteiger partial charge in [0.15, 0.2) is 5.82 Å². The Balaban J connectivity index is 1.83. The zero-order valence-corrected chi connectivity index (χ0v) is 13.6. The van der Waals surface area contributed by atoms with E-state index in [4.69, 9.17) is 0 Å². The van der Waals surface area contributed by atoms with Crippen molar-refractivity contribution in [2.24, 2.45) is 18.9 Å². The summed E-state index contributed by atoms with van der Waals surface area (Å²) in [6.07, 6.45) is 7.22. The van der Waals surface area contributed by atoms with Crippen molar-refractivity contribution in [3.8, 4) is 0 Å². The van der Waals surface area contributed by atoms with Crippen LogP contribution in [0, 0.1) is 11.8 Å². The van der Waals surface area contributed by atoms with Gasteiger partial charge in [0.2, 0.25) is 0 Å². The van der Waals surface area contributed by atoms with Crippen molar-refractivity contribution in [3.63, 3.8) is 0 Å². The molecule has 2 amide bonds. The topological polar surface area (TPSA) is 76.0 Å². The number of carbonyl (C=O) groups is 2. The molecule has 6 heteroatoms. The van der Waals surface area contributed by atoms with Crippen molar-refractivity contribution in [2.45, 2.75) is 52.0 Å². The van der Waals surface area contributed by atoms with Crippen LogP contribution in [0.25, 0.3) is 0 Å². The maximum atomic E-state index is 12.0. The van der Waals surface area contributed by atoms with E-state index >= 15 is 0 Å². The Labute approximate surface area is 131 Å². The third-order valence-electron chi connectivity index (χ3n) is 4.25. The van der Waals surface area contributed by atoms with E-state index in [-0.39, 0.29) is 6.04 Å². The van der Waals surface area contributed by atoms with E-state index < -0.39 is 11.8 Å². The van der Waals surface area contributed by atoms with Gasteiger partial charge in [-0.3, -0.25) is 14.3 Å². The number of nitrogens with zero attached hydrogens (tertiary/aromatic N) is 2. The fourth-order valence-corrected chi connectivity index (χ4v) is 3.01. The monoisotopic (exact) mass is 306 g/mol. The summed E-state index contributed by atoms with van der Waals surface area (Å²) in [6.45, 7) is 4.42. The van der Waals surface area contributed by atoms with Crippen LogP contribution in [-0.4, -0.2) is 27.6 Å². The molecule has 0 spiro atoms. The first-order chi connectivity index (χ1) is 10.5. The third-order valence-corrected chi connectivity index (χ3v) is 4.25. The minimum atomic E-state index is -0.645. The lowest BCUT2D eigenvalue weighted by molar-refractivity contribution is -0.136. The van der Waals surface area contributed by atoms with Gasteiger partial charge in [0.25, 0.3) is 0 Å². The van der Waals surface area contributed by atoms with Crippen molar-refractivity contribution in [1.82, 2.24) is 15.1 Å². The van der Waals surface area contributed by atoms with Crippen molar-refractivity contribution in [1.29, 1.82) is 0 Å². The summed E-state index contributed by atoms with van der Waals surface area (Å²) in [6, 6.07) is 1.78. The van der Waals surface area contributed by atoms with Gasteiger partial charge in [-0.1, -0.05) is 26.7 Å². The van der Waals surface area contributed by atoms with Gasteiger partial charge in [0.1, 0.15) is 0 Å². The second-order valence-corrected chi connectivity index (χ2v) is 6.57. The Morgan fingerprint density at radius 2 is 2.14 bits per heavy atom. The predicted octanol–water partition coefficient (Wildman–Crippen LogP) is 2.08. The number of hydrogen-bond donors (Lipinski definition) is 2. The van der Waals surface area contributed by atoms with Crippen LogP contribution in [0.4, 0.5) is 5.82 Å². The average molecular weight is 306 g/mol. The van der Waals surface area contributed by atoms with Crippen molar-refractivity contribution in [2.75, 3.05) is 5.32 Å². The second kappa shape index (κ2) is 7.42. The zero-order chi connectivity index (χ0) is 16.1. The van der Waals surface area contributed by atoms with Crippen molar-refractivity contribution in [3.05, 3.63) is 12.3 Å². The van der Waals surface area contributed by atoms with E-state index in [1.54, 1.807) is 24.0 Å². The molecule has 0 radical (unpaired) electrons. The summed E-state index contributed by atoms with van der Waals surface area (Å²) >= 11 is 0. The van der Waals surface area contributed by atoms with E-state index in [1.165, 1.54) is 0 Å². The zero-order valence-electron chi connectivity index (χ0n) is 13.6. The fourth-order valence-electron chi connectivity index (χ4n) is 3.01. The van der Waals surface area contributed by atoms with Crippen LogP contribution < -0.4 is 10.6 Å². The van der Waals surface area contributed by atoms with Crippen molar-refractivity contribution >= 4 is 17.6 Å². The minimum absolute atomic E-state index is 0.126. The lowest BCUT2D eigenvalue weighted by atomic mass is 9.93. The molecule has 1 saturated carbocycles. The summed E-state index contributed by atoms with van der Waals surface area (Å²) in [5.41, 5.74) is 0. The highest BCUT2D eigenvalue weighted by Gasteiger charge is 2.30. The summed E-state index contributed by atoms with van der Waals surface area (Å²) < 4.78 is 1.58. The molecule has 0 saturated heterocycles. The summed E-state index contributed by atoms with van der Waals surface area (Å²) in [5, 5.41) is 9.45. The summed E-state index contributed by atoms with van der Waals surface area (Å²) in [5.74, 6) is 0.351. The van der Waals surface area contributed by atoms with E-state index in [1.807, 2.05) is 0 Å². The molecule has 0 bridgehead atoms. The molecular weight excluding hydrogens is 280 g/mol. The van der Waals surface area contributed by atoms with Gasteiger partial charge in [-0.25, -0.2) is 0 Å². The number of aromatic nitrogens is 2. The molecule has 1 aromatic heterocycles. The Morgan fingerprint density at radius 3 is 2.77 bits per heavy atom. The van der Waals surface area contributed by atoms with Gasteiger partial charge in [0.05, 0.1) is 0 Å². The molecule has 0 aliphatic heterocycles. The first kappa shape index (κ1) is 16.5. The molecule has 6 nitrogen and oxygen atoms in total. The van der Waals surface area contributed by atoms with Crippen LogP contribution in [0.1, 0.15) is 46.0 Å². The Hall–Kier alpha value is -1.85. The molecule has 22 heavy (non-hydrogen) atoms. The first-order valence-corrected chi connectivity index (χ1v) is 8.07. The molecular formula is C16H26N4O2. The van der Waals surface area contributed by atoms with Crippen molar-refractivity contribution < 1.29 is 9.59 Å². The van der Waals surface area contributed by atoms with E-state index in [2.05, 4.69) is 29.6 Å². The van der Waals surface area contributed by atoms with E-state index in [9.17, 15) is 9.59 Å². The largest absolute Gasteiger partial charge is 0.345 e. The summed E-state index contributed by atoms with van der Waals surface area (Å²) in [4.78, 5) is 23.9. The second-order valence-electron chi connectivity index (χ2n) is 6.57. The molecule has 1 fully saturated rings. The highest BCUT2D eigenvalue weighted by molar-refractivity contribution is 6.39. The Bertz CT molecular complexity index is 524. The highest BCUT2D eigenvalue weighted by atomic mass is 16.2. The Kier molecular flexibility index (Phi) is 5.57.